The van der Waals surface area contributed by atoms with E-state index in [1.54, 1.807) is 6.20 Å². The van der Waals surface area contributed by atoms with Crippen molar-refractivity contribution in [1.29, 1.82) is 0 Å². The van der Waals surface area contributed by atoms with Gasteiger partial charge in [-0.1, -0.05) is 38.3 Å². The molecule has 1 atom stereocenters. The van der Waals surface area contributed by atoms with Crippen molar-refractivity contribution in [2.24, 2.45) is 5.92 Å². The Bertz CT molecular complexity index is 576. The molecule has 0 aliphatic heterocycles. The summed E-state index contributed by atoms with van der Waals surface area (Å²) in [5.74, 6) is 2.18. The van der Waals surface area contributed by atoms with E-state index in [9.17, 15) is 0 Å². The number of alkyl halides is 1. The topological polar surface area (TPSA) is 30.7 Å². The Morgan fingerprint density at radius 1 is 1.30 bits per heavy atom. The maximum absolute atomic E-state index is 6.02. The molecule has 0 saturated carbocycles. The number of nitrogens with zero attached hydrogens (tertiary/aromatic N) is 3. The Kier molecular flexibility index (Phi) is 5.28. The van der Waals surface area contributed by atoms with Gasteiger partial charge in [-0.15, -0.1) is 11.6 Å². The van der Waals surface area contributed by atoms with E-state index < -0.39 is 0 Å². The molecule has 0 bridgehead atoms. The molecule has 0 saturated heterocycles. The fourth-order valence-corrected chi connectivity index (χ4v) is 3.20. The van der Waals surface area contributed by atoms with Gasteiger partial charge in [0, 0.05) is 24.5 Å². The van der Waals surface area contributed by atoms with Gasteiger partial charge in [-0.05, 0) is 18.9 Å². The molecule has 0 N–H and O–H groups in total. The molecule has 2 heterocycles. The van der Waals surface area contributed by atoms with Gasteiger partial charge in [-0.2, -0.15) is 0 Å². The smallest absolute Gasteiger partial charge is 0.160 e. The van der Waals surface area contributed by atoms with Gasteiger partial charge in [0.25, 0.3) is 0 Å². The van der Waals surface area contributed by atoms with Crippen molar-refractivity contribution in [1.82, 2.24) is 14.5 Å². The van der Waals surface area contributed by atoms with Crippen molar-refractivity contribution in [3.63, 3.8) is 0 Å². The lowest BCUT2D eigenvalue weighted by Gasteiger charge is -2.24. The maximum atomic E-state index is 6.02. The summed E-state index contributed by atoms with van der Waals surface area (Å²) in [4.78, 5) is 9.15. The lowest BCUT2D eigenvalue weighted by atomic mass is 9.95. The summed E-state index contributed by atoms with van der Waals surface area (Å²) in [6.45, 7) is 6.71. The summed E-state index contributed by atoms with van der Waals surface area (Å²) in [6, 6.07) is 2.24. The van der Waals surface area contributed by atoms with Gasteiger partial charge in [0.15, 0.2) is 5.65 Å². The molecule has 1 unspecified atom stereocenters. The molecule has 3 nitrogen and oxygen atoms in total. The highest BCUT2D eigenvalue weighted by Crippen LogP contribution is 2.30. The van der Waals surface area contributed by atoms with E-state index in [0.717, 1.165) is 36.3 Å². The minimum atomic E-state index is 0.363. The number of aryl methyl sites for hydroxylation is 1. The van der Waals surface area contributed by atoms with Crippen LogP contribution in [0.3, 0.4) is 0 Å². The number of hydrogen-bond donors (Lipinski definition) is 0. The Morgan fingerprint density at radius 3 is 2.60 bits per heavy atom. The van der Waals surface area contributed by atoms with E-state index in [1.807, 2.05) is 6.07 Å². The Morgan fingerprint density at radius 2 is 2.00 bits per heavy atom. The highest BCUT2D eigenvalue weighted by atomic mass is 35.5. The van der Waals surface area contributed by atoms with Crippen LogP contribution in [0.4, 0.5) is 0 Å². The van der Waals surface area contributed by atoms with Crippen molar-refractivity contribution in [2.45, 2.75) is 46.1 Å². The summed E-state index contributed by atoms with van der Waals surface area (Å²) >= 11 is 11.9. The number of hydrogen-bond acceptors (Lipinski definition) is 2. The van der Waals surface area contributed by atoms with Crippen LogP contribution in [0, 0.1) is 5.92 Å². The molecule has 2 aromatic rings. The molecule has 20 heavy (non-hydrogen) atoms. The fraction of sp³-hybridized carbons (Fsp3) is 0.600. The van der Waals surface area contributed by atoms with E-state index in [-0.39, 0.29) is 0 Å². The van der Waals surface area contributed by atoms with Crippen molar-refractivity contribution in [2.75, 3.05) is 5.88 Å². The molecule has 110 valence electrons. The lowest BCUT2D eigenvalue weighted by Crippen LogP contribution is -2.18. The zero-order valence-electron chi connectivity index (χ0n) is 12.2. The van der Waals surface area contributed by atoms with Crippen LogP contribution in [-0.4, -0.2) is 20.4 Å². The third-order valence-corrected chi connectivity index (χ3v) is 4.42. The van der Waals surface area contributed by atoms with Crippen LogP contribution in [0.5, 0.6) is 0 Å². The summed E-state index contributed by atoms with van der Waals surface area (Å²) in [7, 11) is 0. The largest absolute Gasteiger partial charge is 0.310 e. The van der Waals surface area contributed by atoms with Crippen LogP contribution >= 0.6 is 23.2 Å². The molecule has 0 aliphatic rings. The number of halogens is 2. The third-order valence-electron chi connectivity index (χ3n) is 4.03. The highest BCUT2D eigenvalue weighted by Gasteiger charge is 2.22. The van der Waals surface area contributed by atoms with Gasteiger partial charge in [0.2, 0.25) is 0 Å². The molecule has 0 fully saturated rings. The third kappa shape index (κ3) is 2.94. The minimum Gasteiger partial charge on any atom is -0.310 e. The normalized spacial score (nSPS) is 13.3. The molecule has 2 aromatic heterocycles. The quantitative estimate of drug-likeness (QED) is 0.713. The first kappa shape index (κ1) is 15.6. The molecule has 5 heteroatoms. The van der Waals surface area contributed by atoms with Crippen molar-refractivity contribution in [3.05, 3.63) is 23.1 Å². The number of aromatic nitrogens is 3. The summed E-state index contributed by atoms with van der Waals surface area (Å²) in [6.07, 6.45) is 4.72. The molecule has 2 rings (SSSR count). The van der Waals surface area contributed by atoms with Crippen LogP contribution < -0.4 is 0 Å². The Hall–Kier alpha value is -0.800. The average molecular weight is 314 g/mol. The molecule has 0 radical (unpaired) electrons. The number of fused-ring (bicyclic) bond motifs is 1. The second-order valence-electron chi connectivity index (χ2n) is 5.15. The van der Waals surface area contributed by atoms with E-state index in [1.165, 1.54) is 0 Å². The fourth-order valence-electron chi connectivity index (χ4n) is 2.87. The number of pyridine rings is 1. The van der Waals surface area contributed by atoms with Gasteiger partial charge in [-0.3, -0.25) is 0 Å². The molecule has 0 amide bonds. The van der Waals surface area contributed by atoms with Crippen molar-refractivity contribution >= 4 is 34.4 Å². The predicted molar refractivity (Wildman–Crippen MR) is 85.7 cm³/mol. The number of rotatable bonds is 6. The average Bonchev–Trinajstić information content (AvgIpc) is 2.77. The van der Waals surface area contributed by atoms with Crippen LogP contribution in [0.1, 0.15) is 45.5 Å². The summed E-state index contributed by atoms with van der Waals surface area (Å²) in [5.41, 5.74) is 1.77. The minimum absolute atomic E-state index is 0.363. The Balaban J connectivity index is 2.55. The standard InChI is InChI=1S/C15H21Cl2N3/c1-4-11(5-2)10(3)20-14(6-7-16)19-13-8-12(17)9-18-15(13)20/h8-11H,4-7H2,1-3H3. The van der Waals surface area contributed by atoms with Gasteiger partial charge in [0.05, 0.1) is 5.02 Å². The molecule has 0 spiro atoms. The van der Waals surface area contributed by atoms with E-state index in [0.29, 0.717) is 22.9 Å². The molecule has 0 aromatic carbocycles. The van der Waals surface area contributed by atoms with Crippen molar-refractivity contribution < 1.29 is 0 Å². The SMILES string of the molecule is CCC(CC)C(C)n1c(CCCl)nc2cc(Cl)cnc21. The second-order valence-corrected chi connectivity index (χ2v) is 5.96. The van der Waals surface area contributed by atoms with Crippen LogP contribution in [0.15, 0.2) is 12.3 Å². The first-order valence-electron chi connectivity index (χ1n) is 7.20. The summed E-state index contributed by atoms with van der Waals surface area (Å²) in [5, 5.41) is 0.620. The molecule has 0 aliphatic carbocycles. The van der Waals surface area contributed by atoms with Crippen molar-refractivity contribution in [3.8, 4) is 0 Å². The van der Waals surface area contributed by atoms with Gasteiger partial charge >= 0.3 is 0 Å². The van der Waals surface area contributed by atoms with Crippen LogP contribution in [0.25, 0.3) is 11.2 Å². The summed E-state index contributed by atoms with van der Waals surface area (Å²) < 4.78 is 2.24. The van der Waals surface area contributed by atoms with E-state index >= 15 is 0 Å². The van der Waals surface area contributed by atoms with Gasteiger partial charge in [0.1, 0.15) is 11.3 Å². The van der Waals surface area contributed by atoms with Crippen LogP contribution in [-0.2, 0) is 6.42 Å². The predicted octanol–water partition coefficient (Wildman–Crippen LogP) is 4.86. The maximum Gasteiger partial charge on any atom is 0.160 e. The first-order chi connectivity index (χ1) is 9.62. The first-order valence-corrected chi connectivity index (χ1v) is 8.11. The molecular weight excluding hydrogens is 293 g/mol. The molecular formula is C15H21Cl2N3. The zero-order valence-corrected chi connectivity index (χ0v) is 13.7. The number of imidazole rings is 1. The highest BCUT2D eigenvalue weighted by molar-refractivity contribution is 6.31. The Labute approximate surface area is 130 Å². The van der Waals surface area contributed by atoms with Gasteiger partial charge < -0.3 is 4.57 Å². The zero-order chi connectivity index (χ0) is 14.7. The van der Waals surface area contributed by atoms with E-state index in [2.05, 4.69) is 35.3 Å². The lowest BCUT2D eigenvalue weighted by molar-refractivity contribution is 0.332. The van der Waals surface area contributed by atoms with Gasteiger partial charge in [-0.25, -0.2) is 9.97 Å². The second kappa shape index (κ2) is 6.77. The monoisotopic (exact) mass is 313 g/mol. The van der Waals surface area contributed by atoms with E-state index in [4.69, 9.17) is 23.2 Å². The van der Waals surface area contributed by atoms with Crippen LogP contribution in [0.2, 0.25) is 5.02 Å².